The van der Waals surface area contributed by atoms with E-state index in [0.717, 1.165) is 19.0 Å². The van der Waals surface area contributed by atoms with Gasteiger partial charge in [-0.3, -0.25) is 19.6 Å². The van der Waals surface area contributed by atoms with Crippen LogP contribution in [0, 0.1) is 10.1 Å². The van der Waals surface area contributed by atoms with Gasteiger partial charge in [-0.05, 0) is 33.6 Å². The Bertz CT molecular complexity index is 509. The van der Waals surface area contributed by atoms with Crippen LogP contribution in [0.1, 0.15) is 33.6 Å². The van der Waals surface area contributed by atoms with Crippen molar-refractivity contribution in [1.82, 2.24) is 14.7 Å². The van der Waals surface area contributed by atoms with Gasteiger partial charge in [-0.15, -0.1) is 0 Å². The van der Waals surface area contributed by atoms with Crippen molar-refractivity contribution < 1.29 is 9.72 Å². The molecule has 0 unspecified atom stereocenters. The molecule has 0 spiro atoms. The van der Waals surface area contributed by atoms with E-state index in [4.69, 9.17) is 0 Å². The zero-order valence-corrected chi connectivity index (χ0v) is 11.4. The molecule has 0 saturated carbocycles. The average Bonchev–Trinajstić information content (AvgIpc) is 2.84. The third-order valence-corrected chi connectivity index (χ3v) is 3.66. The standard InChI is InChI=1S/C12H18N4O3/c1-9-4-5-12(2,3)15(9)11(17)8-14-7-10(6-13-14)16(18)19/h6-7,9H,4-5,8H2,1-3H3/t9-/m1/s1. The van der Waals surface area contributed by atoms with Gasteiger partial charge in [0.1, 0.15) is 18.9 Å². The Labute approximate surface area is 111 Å². The first-order chi connectivity index (χ1) is 8.81. The van der Waals surface area contributed by atoms with Crippen molar-refractivity contribution in [2.24, 2.45) is 0 Å². The summed E-state index contributed by atoms with van der Waals surface area (Å²) in [5, 5.41) is 14.4. The topological polar surface area (TPSA) is 81.3 Å². The first-order valence-electron chi connectivity index (χ1n) is 6.30. The minimum atomic E-state index is -0.517. The summed E-state index contributed by atoms with van der Waals surface area (Å²) < 4.78 is 1.32. The molecule has 19 heavy (non-hydrogen) atoms. The number of hydrogen-bond acceptors (Lipinski definition) is 4. The summed E-state index contributed by atoms with van der Waals surface area (Å²) >= 11 is 0. The Hall–Kier alpha value is -1.92. The molecule has 7 nitrogen and oxygen atoms in total. The average molecular weight is 266 g/mol. The van der Waals surface area contributed by atoms with E-state index >= 15 is 0 Å². The van der Waals surface area contributed by atoms with Crippen LogP contribution in [0.25, 0.3) is 0 Å². The molecule has 2 heterocycles. The highest BCUT2D eigenvalue weighted by Crippen LogP contribution is 2.33. The molecule has 0 bridgehead atoms. The second-order valence-electron chi connectivity index (χ2n) is 5.62. The summed E-state index contributed by atoms with van der Waals surface area (Å²) in [5.41, 5.74) is -0.253. The molecule has 1 atom stereocenters. The molecule has 0 aliphatic carbocycles. The summed E-state index contributed by atoms with van der Waals surface area (Å²) in [4.78, 5) is 24.2. The predicted molar refractivity (Wildman–Crippen MR) is 68.5 cm³/mol. The van der Waals surface area contributed by atoms with Gasteiger partial charge < -0.3 is 4.90 Å². The monoisotopic (exact) mass is 266 g/mol. The molecule has 1 aromatic heterocycles. The number of nitro groups is 1. The summed E-state index contributed by atoms with van der Waals surface area (Å²) in [6.07, 6.45) is 4.40. The fourth-order valence-corrected chi connectivity index (χ4v) is 2.74. The van der Waals surface area contributed by atoms with Crippen LogP contribution in [0.3, 0.4) is 0 Å². The van der Waals surface area contributed by atoms with Gasteiger partial charge in [0.15, 0.2) is 0 Å². The smallest absolute Gasteiger partial charge is 0.307 e. The molecule has 1 aliphatic heterocycles. The van der Waals surface area contributed by atoms with E-state index in [1.807, 2.05) is 25.7 Å². The molecule has 1 aliphatic rings. The number of nitrogens with zero attached hydrogens (tertiary/aromatic N) is 4. The second-order valence-corrected chi connectivity index (χ2v) is 5.62. The fraction of sp³-hybridized carbons (Fsp3) is 0.667. The number of amides is 1. The number of aromatic nitrogens is 2. The van der Waals surface area contributed by atoms with Gasteiger partial charge in [-0.2, -0.15) is 5.10 Å². The normalized spacial score (nSPS) is 21.6. The molecular formula is C12H18N4O3. The van der Waals surface area contributed by atoms with E-state index in [2.05, 4.69) is 5.10 Å². The summed E-state index contributed by atoms with van der Waals surface area (Å²) in [5.74, 6) is -0.0482. The molecule has 1 saturated heterocycles. The maximum Gasteiger partial charge on any atom is 0.307 e. The van der Waals surface area contributed by atoms with E-state index in [1.54, 1.807) is 0 Å². The number of likely N-dealkylation sites (tertiary alicyclic amines) is 1. The molecule has 2 rings (SSSR count). The van der Waals surface area contributed by atoms with Crippen LogP contribution in [0.5, 0.6) is 0 Å². The maximum atomic E-state index is 12.3. The highest BCUT2D eigenvalue weighted by atomic mass is 16.6. The van der Waals surface area contributed by atoms with Crippen LogP contribution >= 0.6 is 0 Å². The lowest BCUT2D eigenvalue weighted by molar-refractivity contribution is -0.385. The van der Waals surface area contributed by atoms with Gasteiger partial charge in [0.05, 0.1) is 4.92 Å². The molecule has 7 heteroatoms. The first kappa shape index (κ1) is 13.5. The van der Waals surface area contributed by atoms with Gasteiger partial charge >= 0.3 is 5.69 Å². The van der Waals surface area contributed by atoms with Crippen molar-refractivity contribution in [3.63, 3.8) is 0 Å². The van der Waals surface area contributed by atoms with E-state index in [1.165, 1.54) is 10.9 Å². The van der Waals surface area contributed by atoms with E-state index in [-0.39, 0.29) is 29.7 Å². The van der Waals surface area contributed by atoms with Crippen molar-refractivity contribution >= 4 is 11.6 Å². The molecule has 1 aromatic rings. The third-order valence-electron chi connectivity index (χ3n) is 3.66. The SMILES string of the molecule is C[C@@H]1CCC(C)(C)N1C(=O)Cn1cc([N+](=O)[O-])cn1. The Morgan fingerprint density at radius 2 is 2.32 bits per heavy atom. The molecule has 0 aromatic carbocycles. The van der Waals surface area contributed by atoms with Crippen molar-refractivity contribution in [3.05, 3.63) is 22.5 Å². The summed E-state index contributed by atoms with van der Waals surface area (Å²) in [6, 6.07) is 0.202. The van der Waals surface area contributed by atoms with Gasteiger partial charge in [0.25, 0.3) is 0 Å². The van der Waals surface area contributed by atoms with Crippen molar-refractivity contribution in [2.45, 2.75) is 51.7 Å². The van der Waals surface area contributed by atoms with E-state index < -0.39 is 4.92 Å². The minimum Gasteiger partial charge on any atom is -0.333 e. The number of rotatable bonds is 3. The summed E-state index contributed by atoms with van der Waals surface area (Å²) in [7, 11) is 0. The molecule has 1 fully saturated rings. The minimum absolute atomic E-state index is 0.0433. The number of carbonyl (C=O) groups excluding carboxylic acids is 1. The molecule has 0 radical (unpaired) electrons. The van der Waals surface area contributed by atoms with Crippen LogP contribution in [-0.2, 0) is 11.3 Å². The van der Waals surface area contributed by atoms with Crippen LogP contribution < -0.4 is 0 Å². The molecule has 104 valence electrons. The molecular weight excluding hydrogens is 248 g/mol. The fourth-order valence-electron chi connectivity index (χ4n) is 2.74. The zero-order valence-electron chi connectivity index (χ0n) is 11.4. The molecule has 0 N–H and O–H groups in total. The Kier molecular flexibility index (Phi) is 3.30. The van der Waals surface area contributed by atoms with Crippen LogP contribution in [0.2, 0.25) is 0 Å². The highest BCUT2D eigenvalue weighted by Gasteiger charge is 2.40. The van der Waals surface area contributed by atoms with Gasteiger partial charge in [-0.25, -0.2) is 0 Å². The van der Waals surface area contributed by atoms with Crippen molar-refractivity contribution in [3.8, 4) is 0 Å². The van der Waals surface area contributed by atoms with Crippen LogP contribution in [0.15, 0.2) is 12.4 Å². The lowest BCUT2D eigenvalue weighted by Gasteiger charge is -2.34. The summed E-state index contributed by atoms with van der Waals surface area (Å²) in [6.45, 7) is 6.15. The van der Waals surface area contributed by atoms with Gasteiger partial charge in [0.2, 0.25) is 5.91 Å². The van der Waals surface area contributed by atoms with Crippen LogP contribution in [0.4, 0.5) is 5.69 Å². The lowest BCUT2D eigenvalue weighted by Crippen LogP contribution is -2.47. The first-order valence-corrected chi connectivity index (χ1v) is 6.30. The van der Waals surface area contributed by atoms with Crippen LogP contribution in [-0.4, -0.2) is 37.1 Å². The van der Waals surface area contributed by atoms with Crippen molar-refractivity contribution in [1.29, 1.82) is 0 Å². The van der Waals surface area contributed by atoms with Gasteiger partial charge in [0, 0.05) is 11.6 Å². The largest absolute Gasteiger partial charge is 0.333 e. The zero-order chi connectivity index (χ0) is 14.2. The lowest BCUT2D eigenvalue weighted by atomic mass is 10.0. The Morgan fingerprint density at radius 3 is 2.79 bits per heavy atom. The maximum absolute atomic E-state index is 12.3. The number of carbonyl (C=O) groups is 1. The third kappa shape index (κ3) is 2.59. The molecule has 1 amide bonds. The quantitative estimate of drug-likeness (QED) is 0.614. The second kappa shape index (κ2) is 4.64. The van der Waals surface area contributed by atoms with E-state index in [0.29, 0.717) is 0 Å². The Balaban J connectivity index is 2.10. The number of hydrogen-bond donors (Lipinski definition) is 0. The highest BCUT2D eigenvalue weighted by molar-refractivity contribution is 5.77. The van der Waals surface area contributed by atoms with Crippen molar-refractivity contribution in [2.75, 3.05) is 0 Å². The Morgan fingerprint density at radius 1 is 1.63 bits per heavy atom. The predicted octanol–water partition coefficient (Wildman–Crippen LogP) is 1.58. The van der Waals surface area contributed by atoms with Gasteiger partial charge in [-0.1, -0.05) is 0 Å². The van der Waals surface area contributed by atoms with E-state index in [9.17, 15) is 14.9 Å².